The molecule has 2 N–H and O–H groups in total. The van der Waals surface area contributed by atoms with Crippen LogP contribution in [0, 0.1) is 5.92 Å². The van der Waals surface area contributed by atoms with E-state index in [1.54, 1.807) is 0 Å². The summed E-state index contributed by atoms with van der Waals surface area (Å²) in [4.78, 5) is 24.4. The van der Waals surface area contributed by atoms with E-state index in [1.165, 1.54) is 0 Å². The molecular weight excluding hydrogens is 314 g/mol. The molecule has 132 valence electrons. The molecule has 0 saturated heterocycles. The van der Waals surface area contributed by atoms with Crippen LogP contribution in [0.2, 0.25) is 0 Å². The summed E-state index contributed by atoms with van der Waals surface area (Å²) < 4.78 is 1.95. The summed E-state index contributed by atoms with van der Waals surface area (Å²) in [6.07, 6.45) is 3.32. The van der Waals surface area contributed by atoms with Crippen LogP contribution in [0.4, 0.5) is 0 Å². The predicted octanol–water partition coefficient (Wildman–Crippen LogP) is 2.99. The van der Waals surface area contributed by atoms with Crippen molar-refractivity contribution in [2.24, 2.45) is 5.92 Å². The Morgan fingerprint density at radius 3 is 2.76 bits per heavy atom. The maximum atomic E-state index is 12.2. The van der Waals surface area contributed by atoms with Gasteiger partial charge in [-0.05, 0) is 24.0 Å². The molecule has 0 spiro atoms. The van der Waals surface area contributed by atoms with E-state index in [-0.39, 0.29) is 17.9 Å². The molecule has 0 bridgehead atoms. The van der Waals surface area contributed by atoms with Gasteiger partial charge < -0.3 is 15.2 Å². The maximum absolute atomic E-state index is 12.2. The van der Waals surface area contributed by atoms with Crippen molar-refractivity contribution in [3.63, 3.8) is 0 Å². The first-order chi connectivity index (χ1) is 12.0. The summed E-state index contributed by atoms with van der Waals surface area (Å²) in [6.45, 7) is 5.45. The van der Waals surface area contributed by atoms with Crippen LogP contribution in [-0.4, -0.2) is 29.5 Å². The molecular formula is C20H25N3O2. The Morgan fingerprint density at radius 2 is 2.04 bits per heavy atom. The molecule has 2 heterocycles. The van der Waals surface area contributed by atoms with Crippen LogP contribution in [0.25, 0.3) is 11.1 Å². The lowest BCUT2D eigenvalue weighted by Gasteiger charge is -2.26. The van der Waals surface area contributed by atoms with Crippen LogP contribution >= 0.6 is 0 Å². The van der Waals surface area contributed by atoms with E-state index in [2.05, 4.69) is 24.5 Å². The lowest BCUT2D eigenvalue weighted by atomic mass is 10.1. The SMILES string of the molecule is CC(C)CCNC(=O)CC1CNC(=O)c2cc(-c3ccccc3)cn21. The molecule has 2 aromatic rings. The highest BCUT2D eigenvalue weighted by molar-refractivity contribution is 5.95. The van der Waals surface area contributed by atoms with Crippen molar-refractivity contribution in [1.82, 2.24) is 15.2 Å². The van der Waals surface area contributed by atoms with Crippen LogP contribution in [0.1, 0.15) is 43.2 Å². The monoisotopic (exact) mass is 339 g/mol. The second kappa shape index (κ2) is 7.55. The number of fused-ring (bicyclic) bond motifs is 1. The minimum absolute atomic E-state index is 0.0303. The summed E-state index contributed by atoms with van der Waals surface area (Å²) >= 11 is 0. The Morgan fingerprint density at radius 1 is 1.28 bits per heavy atom. The molecule has 0 saturated carbocycles. The number of rotatable bonds is 6. The van der Waals surface area contributed by atoms with Gasteiger partial charge in [-0.25, -0.2) is 0 Å². The van der Waals surface area contributed by atoms with Gasteiger partial charge >= 0.3 is 0 Å². The van der Waals surface area contributed by atoms with E-state index < -0.39 is 0 Å². The summed E-state index contributed by atoms with van der Waals surface area (Å²) in [6, 6.07) is 11.8. The Kier molecular flexibility index (Phi) is 5.22. The molecule has 0 fully saturated rings. The van der Waals surface area contributed by atoms with Crippen molar-refractivity contribution >= 4 is 11.8 Å². The lowest BCUT2D eigenvalue weighted by Crippen LogP contribution is -2.40. The fraction of sp³-hybridized carbons (Fsp3) is 0.400. The van der Waals surface area contributed by atoms with Gasteiger partial charge in [0.2, 0.25) is 5.91 Å². The molecule has 2 amide bonds. The van der Waals surface area contributed by atoms with E-state index in [1.807, 2.05) is 47.2 Å². The van der Waals surface area contributed by atoms with Gasteiger partial charge in [0.05, 0.1) is 6.04 Å². The zero-order valence-corrected chi connectivity index (χ0v) is 14.8. The van der Waals surface area contributed by atoms with E-state index in [0.717, 1.165) is 17.5 Å². The molecule has 1 aliphatic heterocycles. The molecule has 25 heavy (non-hydrogen) atoms. The van der Waals surface area contributed by atoms with Crippen molar-refractivity contribution in [2.75, 3.05) is 13.1 Å². The summed E-state index contributed by atoms with van der Waals surface area (Å²) in [5.41, 5.74) is 2.68. The van der Waals surface area contributed by atoms with Gasteiger partial charge in [0.25, 0.3) is 5.91 Å². The second-order valence-electron chi connectivity index (χ2n) is 6.99. The van der Waals surface area contributed by atoms with Gasteiger partial charge in [0.1, 0.15) is 5.69 Å². The predicted molar refractivity (Wildman–Crippen MR) is 98.3 cm³/mol. The van der Waals surface area contributed by atoms with Crippen molar-refractivity contribution < 1.29 is 9.59 Å². The third-order valence-corrected chi connectivity index (χ3v) is 4.54. The number of carbonyl (C=O) groups excluding carboxylic acids is 2. The van der Waals surface area contributed by atoms with Crippen molar-refractivity contribution in [3.05, 3.63) is 48.3 Å². The molecule has 1 aromatic heterocycles. The smallest absolute Gasteiger partial charge is 0.268 e. The molecule has 3 rings (SSSR count). The topological polar surface area (TPSA) is 63.1 Å². The first-order valence-corrected chi connectivity index (χ1v) is 8.87. The first-order valence-electron chi connectivity index (χ1n) is 8.87. The van der Waals surface area contributed by atoms with E-state index >= 15 is 0 Å². The van der Waals surface area contributed by atoms with Crippen LogP contribution in [0.3, 0.4) is 0 Å². The quantitative estimate of drug-likeness (QED) is 0.850. The number of nitrogens with one attached hydrogen (secondary N) is 2. The number of carbonyl (C=O) groups is 2. The summed E-state index contributed by atoms with van der Waals surface area (Å²) in [5, 5.41) is 5.87. The number of benzene rings is 1. The molecule has 1 unspecified atom stereocenters. The van der Waals surface area contributed by atoms with Gasteiger partial charge in [0, 0.05) is 31.3 Å². The highest BCUT2D eigenvalue weighted by Crippen LogP contribution is 2.27. The Bertz CT molecular complexity index is 750. The zero-order valence-electron chi connectivity index (χ0n) is 14.8. The third kappa shape index (κ3) is 4.10. The highest BCUT2D eigenvalue weighted by Gasteiger charge is 2.27. The molecule has 5 nitrogen and oxygen atoms in total. The number of hydrogen-bond acceptors (Lipinski definition) is 2. The van der Waals surface area contributed by atoms with Crippen LogP contribution in [0.5, 0.6) is 0 Å². The van der Waals surface area contributed by atoms with Gasteiger partial charge in [0.15, 0.2) is 0 Å². The van der Waals surface area contributed by atoms with Crippen molar-refractivity contribution in [3.8, 4) is 11.1 Å². The standard InChI is InChI=1S/C20H25N3O2/c1-14(2)8-9-21-19(24)11-17-12-22-20(25)18-10-16(13-23(17)18)15-6-4-3-5-7-15/h3-7,10,13-14,17H,8-9,11-12H2,1-2H3,(H,21,24)(H,22,25). The average molecular weight is 339 g/mol. The van der Waals surface area contributed by atoms with Crippen molar-refractivity contribution in [1.29, 1.82) is 0 Å². The van der Waals surface area contributed by atoms with Crippen LogP contribution in [-0.2, 0) is 4.79 Å². The highest BCUT2D eigenvalue weighted by atomic mass is 16.2. The minimum atomic E-state index is -0.0846. The molecule has 0 radical (unpaired) electrons. The Hall–Kier alpha value is -2.56. The molecule has 0 aliphatic carbocycles. The first kappa shape index (κ1) is 17.3. The average Bonchev–Trinajstić information content (AvgIpc) is 3.04. The van der Waals surface area contributed by atoms with Gasteiger partial charge in [-0.2, -0.15) is 0 Å². The third-order valence-electron chi connectivity index (χ3n) is 4.54. The number of hydrogen-bond donors (Lipinski definition) is 2. The normalized spacial score (nSPS) is 16.4. The van der Waals surface area contributed by atoms with Gasteiger partial charge in [-0.1, -0.05) is 44.2 Å². The fourth-order valence-corrected chi connectivity index (χ4v) is 3.11. The molecule has 5 heteroatoms. The zero-order chi connectivity index (χ0) is 17.8. The molecule has 1 aliphatic rings. The van der Waals surface area contributed by atoms with E-state index in [9.17, 15) is 9.59 Å². The number of nitrogens with zero attached hydrogens (tertiary/aromatic N) is 1. The molecule has 1 aromatic carbocycles. The van der Waals surface area contributed by atoms with E-state index in [4.69, 9.17) is 0 Å². The van der Waals surface area contributed by atoms with Crippen LogP contribution < -0.4 is 10.6 Å². The lowest BCUT2D eigenvalue weighted by molar-refractivity contribution is -0.121. The molecule has 1 atom stereocenters. The number of aromatic nitrogens is 1. The maximum Gasteiger partial charge on any atom is 0.268 e. The fourth-order valence-electron chi connectivity index (χ4n) is 3.11. The van der Waals surface area contributed by atoms with Crippen molar-refractivity contribution in [2.45, 2.75) is 32.7 Å². The summed E-state index contributed by atoms with van der Waals surface area (Å²) in [7, 11) is 0. The summed E-state index contributed by atoms with van der Waals surface area (Å²) in [5.74, 6) is 0.514. The largest absolute Gasteiger partial charge is 0.356 e. The van der Waals surface area contributed by atoms with Gasteiger partial charge in [-0.3, -0.25) is 9.59 Å². The Labute approximate surface area is 148 Å². The number of amides is 2. The van der Waals surface area contributed by atoms with Crippen LogP contribution in [0.15, 0.2) is 42.6 Å². The van der Waals surface area contributed by atoms with Gasteiger partial charge in [-0.15, -0.1) is 0 Å². The van der Waals surface area contributed by atoms with E-state index in [0.29, 0.717) is 31.1 Å². The Balaban J connectivity index is 1.74. The second-order valence-corrected chi connectivity index (χ2v) is 6.99. The minimum Gasteiger partial charge on any atom is -0.356 e.